The summed E-state index contributed by atoms with van der Waals surface area (Å²) in [4.78, 5) is 19.9. The van der Waals surface area contributed by atoms with Crippen molar-refractivity contribution in [3.8, 4) is 0 Å². The molecular formula is C46H75BrN8O10. The summed E-state index contributed by atoms with van der Waals surface area (Å²) >= 11 is 3.32. The van der Waals surface area contributed by atoms with Gasteiger partial charge in [0.15, 0.2) is 23.8 Å². The normalized spacial score (nSPS) is 22.8. The Kier molecular flexibility index (Phi) is 24.4. The molecule has 2 aliphatic rings. The van der Waals surface area contributed by atoms with Crippen LogP contribution in [0.3, 0.4) is 0 Å². The zero-order valence-corrected chi connectivity index (χ0v) is 41.0. The van der Waals surface area contributed by atoms with E-state index in [0.717, 1.165) is 87.2 Å². The second-order valence-electron chi connectivity index (χ2n) is 16.1. The molecule has 0 amide bonds. The lowest BCUT2D eigenvalue weighted by atomic mass is 10.0. The van der Waals surface area contributed by atoms with Gasteiger partial charge in [-0.25, -0.2) is 23.8 Å². The second kappa shape index (κ2) is 29.3. The maximum Gasteiger partial charge on any atom is 0.338 e. The Morgan fingerprint density at radius 2 is 1.12 bits per heavy atom. The van der Waals surface area contributed by atoms with Gasteiger partial charge >= 0.3 is 5.97 Å². The van der Waals surface area contributed by atoms with Crippen molar-refractivity contribution in [1.29, 1.82) is 0 Å². The summed E-state index contributed by atoms with van der Waals surface area (Å²) < 4.78 is 51.3. The number of esters is 1. The van der Waals surface area contributed by atoms with Crippen molar-refractivity contribution in [2.45, 2.75) is 161 Å². The SMILES string of the molecule is CCCCOC[C@H]1OC(=O)[C@H](OCCCC)[C@@H]1OCCCC.CCCCOC[C@H]1OC(O)(c2ccc3c(N)ncnn23)[C@H](OCCCC)[C@@H]1OCCCC.Nc1ncnn2c(Br)ccc12. The molecule has 6 rings (SSSR count). The first-order chi connectivity index (χ1) is 31.6. The number of hydrogen-bond donors (Lipinski definition) is 3. The number of ether oxygens (including phenoxy) is 8. The molecule has 0 spiro atoms. The molecule has 2 saturated heterocycles. The Morgan fingerprint density at radius 1 is 0.646 bits per heavy atom. The van der Waals surface area contributed by atoms with Crippen LogP contribution in [-0.2, 0) is 48.5 Å². The van der Waals surface area contributed by atoms with E-state index in [0.29, 0.717) is 75.7 Å². The summed E-state index contributed by atoms with van der Waals surface area (Å²) in [5.74, 6) is -1.27. The number of nitrogen functional groups attached to an aromatic ring is 2. The number of aromatic nitrogens is 6. The van der Waals surface area contributed by atoms with Crippen molar-refractivity contribution in [2.75, 3.05) is 64.3 Å². The summed E-state index contributed by atoms with van der Waals surface area (Å²) in [7, 11) is 0. The van der Waals surface area contributed by atoms with Gasteiger partial charge in [0.25, 0.3) is 0 Å². The van der Waals surface area contributed by atoms with Crippen LogP contribution in [-0.4, -0.2) is 130 Å². The van der Waals surface area contributed by atoms with Crippen molar-refractivity contribution in [1.82, 2.24) is 29.2 Å². The van der Waals surface area contributed by atoms with Crippen LogP contribution >= 0.6 is 15.9 Å². The molecule has 18 nitrogen and oxygen atoms in total. The number of nitrogens with zero attached hydrogens (tertiary/aromatic N) is 6. The Balaban J connectivity index is 0.000000240. The van der Waals surface area contributed by atoms with Gasteiger partial charge in [-0.3, -0.25) is 0 Å². The summed E-state index contributed by atoms with van der Waals surface area (Å²) in [5, 5.41) is 20.2. The Morgan fingerprint density at radius 3 is 1.69 bits per heavy atom. The second-order valence-corrected chi connectivity index (χ2v) is 16.9. The average Bonchev–Trinajstić information content (AvgIpc) is 4.06. The number of halogens is 1. The molecular weight excluding hydrogens is 904 g/mol. The predicted octanol–water partition coefficient (Wildman–Crippen LogP) is 7.22. The fourth-order valence-electron chi connectivity index (χ4n) is 7.09. The van der Waals surface area contributed by atoms with Crippen molar-refractivity contribution >= 4 is 44.6 Å². The number of cyclic esters (lactones) is 1. The number of anilines is 2. The molecule has 2 aliphatic heterocycles. The molecule has 4 aromatic rings. The molecule has 1 unspecified atom stereocenters. The predicted molar refractivity (Wildman–Crippen MR) is 251 cm³/mol. The smallest absolute Gasteiger partial charge is 0.338 e. The van der Waals surface area contributed by atoms with Crippen LogP contribution in [0, 0.1) is 0 Å². The first-order valence-electron chi connectivity index (χ1n) is 23.6. The number of rotatable bonds is 27. The van der Waals surface area contributed by atoms with Crippen LogP contribution in [0.2, 0.25) is 0 Å². The third-order valence-electron chi connectivity index (χ3n) is 10.9. The number of carbonyl (C=O) groups is 1. The largest absolute Gasteiger partial charge is 0.455 e. The van der Waals surface area contributed by atoms with E-state index in [2.05, 4.69) is 77.6 Å². The van der Waals surface area contributed by atoms with Crippen LogP contribution in [0.1, 0.15) is 124 Å². The highest BCUT2D eigenvalue weighted by atomic mass is 79.9. The van der Waals surface area contributed by atoms with Gasteiger partial charge in [0, 0.05) is 39.6 Å². The minimum atomic E-state index is -1.77. The number of nitrogens with two attached hydrogens (primary N) is 2. The molecule has 65 heavy (non-hydrogen) atoms. The highest BCUT2D eigenvalue weighted by molar-refractivity contribution is 9.10. The van der Waals surface area contributed by atoms with Gasteiger partial charge in [0.2, 0.25) is 5.79 Å². The molecule has 0 aromatic carbocycles. The number of carbonyl (C=O) groups excluding carboxylic acids is 1. The van der Waals surface area contributed by atoms with E-state index in [1.165, 1.54) is 12.7 Å². The molecule has 2 fully saturated rings. The van der Waals surface area contributed by atoms with Crippen LogP contribution in [0.25, 0.3) is 11.0 Å². The summed E-state index contributed by atoms with van der Waals surface area (Å²) in [6.45, 7) is 16.9. The van der Waals surface area contributed by atoms with Gasteiger partial charge < -0.3 is 54.5 Å². The fourth-order valence-corrected chi connectivity index (χ4v) is 7.51. The van der Waals surface area contributed by atoms with E-state index < -0.39 is 30.2 Å². The lowest BCUT2D eigenvalue weighted by molar-refractivity contribution is -0.253. The molecule has 0 radical (unpaired) electrons. The van der Waals surface area contributed by atoms with Gasteiger partial charge in [-0.2, -0.15) is 10.2 Å². The number of unbranched alkanes of at least 4 members (excludes halogenated alkanes) is 6. The van der Waals surface area contributed by atoms with Gasteiger partial charge in [0.05, 0.1) is 13.2 Å². The quantitative estimate of drug-likeness (QED) is 0.0396. The fraction of sp³-hybridized carbons (Fsp3) is 0.717. The number of hydrogen-bond acceptors (Lipinski definition) is 16. The van der Waals surface area contributed by atoms with Gasteiger partial charge in [-0.05, 0) is 78.7 Å². The van der Waals surface area contributed by atoms with Gasteiger partial charge in [-0.15, -0.1) is 0 Å². The maximum atomic E-state index is 12.0. The first kappa shape index (κ1) is 54.1. The summed E-state index contributed by atoms with van der Waals surface area (Å²) in [6.07, 6.45) is 11.7. The molecule has 4 aromatic heterocycles. The van der Waals surface area contributed by atoms with Gasteiger partial charge in [0.1, 0.15) is 58.4 Å². The van der Waals surface area contributed by atoms with E-state index in [-0.39, 0.29) is 18.2 Å². The summed E-state index contributed by atoms with van der Waals surface area (Å²) in [6, 6.07) is 7.26. The van der Waals surface area contributed by atoms with E-state index in [1.54, 1.807) is 21.2 Å². The molecule has 6 heterocycles. The minimum Gasteiger partial charge on any atom is -0.455 e. The van der Waals surface area contributed by atoms with Crippen LogP contribution in [0.5, 0.6) is 0 Å². The average molecular weight is 980 g/mol. The van der Waals surface area contributed by atoms with E-state index in [9.17, 15) is 9.90 Å². The molecule has 0 aliphatic carbocycles. The van der Waals surface area contributed by atoms with Gasteiger partial charge in [-0.1, -0.05) is 80.1 Å². The summed E-state index contributed by atoms with van der Waals surface area (Å²) in [5.41, 5.74) is 13.4. The highest BCUT2D eigenvalue weighted by Gasteiger charge is 2.58. The number of fused-ring (bicyclic) bond motifs is 2. The minimum absolute atomic E-state index is 0.313. The Labute approximate surface area is 392 Å². The van der Waals surface area contributed by atoms with E-state index in [1.807, 2.05) is 12.1 Å². The molecule has 0 saturated carbocycles. The molecule has 0 bridgehead atoms. The first-order valence-corrected chi connectivity index (χ1v) is 24.4. The van der Waals surface area contributed by atoms with Crippen LogP contribution < -0.4 is 11.5 Å². The highest BCUT2D eigenvalue weighted by Crippen LogP contribution is 2.42. The third kappa shape index (κ3) is 15.5. The topological polar surface area (TPSA) is 224 Å². The number of aliphatic hydroxyl groups is 1. The molecule has 366 valence electrons. The van der Waals surface area contributed by atoms with Crippen molar-refractivity contribution < 1.29 is 47.8 Å². The van der Waals surface area contributed by atoms with Crippen molar-refractivity contribution in [3.63, 3.8) is 0 Å². The van der Waals surface area contributed by atoms with Crippen molar-refractivity contribution in [2.24, 2.45) is 0 Å². The van der Waals surface area contributed by atoms with E-state index >= 15 is 0 Å². The maximum absolute atomic E-state index is 12.0. The molecule has 5 N–H and O–H groups in total. The van der Waals surface area contributed by atoms with Crippen LogP contribution in [0.15, 0.2) is 41.5 Å². The van der Waals surface area contributed by atoms with Crippen LogP contribution in [0.4, 0.5) is 11.6 Å². The Bertz CT molecular complexity index is 1940. The zero-order valence-electron chi connectivity index (χ0n) is 39.4. The monoisotopic (exact) mass is 978 g/mol. The standard InChI is InChI=1S/C23H38N4O5.C17H32O5.C6H5BrN4/c1-4-7-12-29-15-18-20(30-13-8-5-2)21(31-14-9-6-3)23(28,32-18)19-11-10-17-22(24)25-16-26-27(17)19;1-4-7-10-19-13-14-15(20-11-8-5-2)16(17(18)22-14)21-12-9-6-3;7-5-2-1-4-6(8)9-3-10-11(4)5/h10-11,16,18,20-21,28H,4-9,12-15H2,1-3H3,(H2,24,25,26);14-16H,4-13H2,1-3H3;1-3H,(H2,8,9,10)/t18-,20-,21-,23?;14-,15-,16-;/m11./s1. The third-order valence-corrected chi connectivity index (χ3v) is 11.5. The lowest BCUT2D eigenvalue weighted by Gasteiger charge is -2.30. The van der Waals surface area contributed by atoms with E-state index in [4.69, 9.17) is 49.4 Å². The zero-order chi connectivity index (χ0) is 47.0. The lowest BCUT2D eigenvalue weighted by Crippen LogP contribution is -2.45. The Hall–Kier alpha value is -3.53. The van der Waals surface area contributed by atoms with Crippen molar-refractivity contribution in [3.05, 3.63) is 47.2 Å². The molecule has 7 atom stereocenters. The molecule has 19 heteroatoms.